The Morgan fingerprint density at radius 3 is 2.54 bits per heavy atom. The molecule has 3 aromatic rings. The van der Waals surface area contributed by atoms with Crippen LogP contribution in [-0.2, 0) is 6.42 Å². The Bertz CT molecular complexity index is 859. The van der Waals surface area contributed by atoms with E-state index in [9.17, 15) is 4.79 Å². The van der Waals surface area contributed by atoms with Gasteiger partial charge >= 0.3 is 0 Å². The molecule has 2 N–H and O–H groups in total. The highest BCUT2D eigenvalue weighted by molar-refractivity contribution is 5.92. The highest BCUT2D eigenvalue weighted by Gasteiger charge is 2.09. The standard InChI is InChI=1S/C18H19N5O3/c1-12-11-17(23-26-12)20-16-8-7-15(21-22-16)18(24)19-10-9-13-3-5-14(25-2)6-4-13/h3-8,11H,9-10H2,1-2H3,(H,19,24)(H,20,22,23). The van der Waals surface area contributed by atoms with E-state index in [-0.39, 0.29) is 11.6 Å². The van der Waals surface area contributed by atoms with Crippen LogP contribution in [0.25, 0.3) is 0 Å². The van der Waals surface area contributed by atoms with E-state index in [0.717, 1.165) is 11.3 Å². The minimum absolute atomic E-state index is 0.251. The maximum absolute atomic E-state index is 12.1. The Kier molecular flexibility index (Phi) is 5.43. The molecule has 0 aliphatic rings. The van der Waals surface area contributed by atoms with Crippen LogP contribution in [0.4, 0.5) is 11.6 Å². The average molecular weight is 353 g/mol. The highest BCUT2D eigenvalue weighted by atomic mass is 16.5. The summed E-state index contributed by atoms with van der Waals surface area (Å²) in [5, 5.41) is 17.5. The molecule has 8 nitrogen and oxygen atoms in total. The smallest absolute Gasteiger partial charge is 0.271 e. The number of anilines is 2. The zero-order valence-corrected chi connectivity index (χ0v) is 14.5. The molecule has 0 atom stereocenters. The van der Waals surface area contributed by atoms with Crippen LogP contribution in [-0.4, -0.2) is 34.9 Å². The zero-order chi connectivity index (χ0) is 18.4. The fourth-order valence-electron chi connectivity index (χ4n) is 2.28. The van der Waals surface area contributed by atoms with Gasteiger partial charge in [0.25, 0.3) is 5.91 Å². The number of amides is 1. The normalized spacial score (nSPS) is 10.4. The molecule has 0 spiro atoms. The summed E-state index contributed by atoms with van der Waals surface area (Å²) < 4.78 is 10.1. The summed E-state index contributed by atoms with van der Waals surface area (Å²) in [5.41, 5.74) is 1.36. The molecule has 1 amide bonds. The molecule has 0 saturated carbocycles. The minimum atomic E-state index is -0.269. The summed E-state index contributed by atoms with van der Waals surface area (Å²) in [7, 11) is 1.63. The van der Waals surface area contributed by atoms with Crippen LogP contribution >= 0.6 is 0 Å². The molecule has 0 bridgehead atoms. The van der Waals surface area contributed by atoms with Gasteiger partial charge in [-0.15, -0.1) is 10.2 Å². The molecule has 8 heteroatoms. The number of hydrogen-bond acceptors (Lipinski definition) is 7. The first-order valence-corrected chi connectivity index (χ1v) is 8.09. The quantitative estimate of drug-likeness (QED) is 0.673. The van der Waals surface area contributed by atoms with Gasteiger partial charge in [0.15, 0.2) is 17.3 Å². The zero-order valence-electron chi connectivity index (χ0n) is 14.5. The van der Waals surface area contributed by atoms with Crippen molar-refractivity contribution in [3.05, 3.63) is 59.5 Å². The number of aryl methyl sites for hydroxylation is 1. The molecular weight excluding hydrogens is 334 g/mol. The SMILES string of the molecule is COc1ccc(CCNC(=O)c2ccc(Nc3cc(C)on3)nn2)cc1. The van der Waals surface area contributed by atoms with Crippen molar-refractivity contribution in [2.45, 2.75) is 13.3 Å². The van der Waals surface area contributed by atoms with Gasteiger partial charge in [-0.25, -0.2) is 0 Å². The fourth-order valence-corrected chi connectivity index (χ4v) is 2.28. The first kappa shape index (κ1) is 17.4. The van der Waals surface area contributed by atoms with Gasteiger partial charge < -0.3 is 19.9 Å². The number of hydrogen-bond donors (Lipinski definition) is 2. The summed E-state index contributed by atoms with van der Waals surface area (Å²) in [6, 6.07) is 12.7. The van der Waals surface area contributed by atoms with E-state index in [1.165, 1.54) is 0 Å². The van der Waals surface area contributed by atoms with Gasteiger partial charge in [0.1, 0.15) is 11.5 Å². The van der Waals surface area contributed by atoms with Crippen molar-refractivity contribution in [1.29, 1.82) is 0 Å². The van der Waals surface area contributed by atoms with Gasteiger partial charge in [0, 0.05) is 12.6 Å². The topological polar surface area (TPSA) is 102 Å². The van der Waals surface area contributed by atoms with Crippen molar-refractivity contribution in [2.24, 2.45) is 0 Å². The van der Waals surface area contributed by atoms with E-state index in [1.807, 2.05) is 24.3 Å². The lowest BCUT2D eigenvalue weighted by molar-refractivity contribution is 0.0948. The van der Waals surface area contributed by atoms with Crippen molar-refractivity contribution in [2.75, 3.05) is 19.0 Å². The Morgan fingerprint density at radius 2 is 1.92 bits per heavy atom. The number of aromatic nitrogens is 3. The Hall–Kier alpha value is -3.42. The number of rotatable bonds is 7. The highest BCUT2D eigenvalue weighted by Crippen LogP contribution is 2.13. The lowest BCUT2D eigenvalue weighted by Gasteiger charge is -2.06. The molecule has 134 valence electrons. The predicted molar refractivity (Wildman–Crippen MR) is 95.6 cm³/mol. The van der Waals surface area contributed by atoms with Crippen LogP contribution in [0.3, 0.4) is 0 Å². The van der Waals surface area contributed by atoms with Crippen LogP contribution in [0.15, 0.2) is 47.0 Å². The largest absolute Gasteiger partial charge is 0.497 e. The van der Waals surface area contributed by atoms with Crippen LogP contribution in [0.2, 0.25) is 0 Å². The molecule has 26 heavy (non-hydrogen) atoms. The summed E-state index contributed by atoms with van der Waals surface area (Å²) in [6.45, 7) is 2.30. The number of nitrogens with zero attached hydrogens (tertiary/aromatic N) is 3. The van der Waals surface area contributed by atoms with Crippen molar-refractivity contribution in [1.82, 2.24) is 20.7 Å². The van der Waals surface area contributed by atoms with E-state index in [4.69, 9.17) is 9.26 Å². The number of benzene rings is 1. The van der Waals surface area contributed by atoms with Crippen LogP contribution < -0.4 is 15.4 Å². The van der Waals surface area contributed by atoms with E-state index < -0.39 is 0 Å². The number of nitrogens with one attached hydrogen (secondary N) is 2. The molecule has 0 saturated heterocycles. The average Bonchev–Trinajstić information content (AvgIpc) is 3.07. The maximum atomic E-state index is 12.1. The second-order valence-electron chi connectivity index (χ2n) is 5.61. The summed E-state index contributed by atoms with van der Waals surface area (Å²) in [4.78, 5) is 12.1. The van der Waals surface area contributed by atoms with E-state index in [2.05, 4.69) is 26.0 Å². The van der Waals surface area contributed by atoms with Crippen molar-refractivity contribution in [3.8, 4) is 5.75 Å². The summed E-state index contributed by atoms with van der Waals surface area (Å²) >= 11 is 0. The first-order valence-electron chi connectivity index (χ1n) is 8.09. The molecule has 0 aliphatic heterocycles. The third kappa shape index (κ3) is 4.56. The number of methoxy groups -OCH3 is 1. The van der Waals surface area contributed by atoms with Crippen LogP contribution in [0, 0.1) is 6.92 Å². The third-order valence-electron chi connectivity index (χ3n) is 3.64. The second-order valence-corrected chi connectivity index (χ2v) is 5.61. The number of carbonyl (C=O) groups is 1. The molecule has 0 radical (unpaired) electrons. The van der Waals surface area contributed by atoms with Crippen molar-refractivity contribution in [3.63, 3.8) is 0 Å². The van der Waals surface area contributed by atoms with Gasteiger partial charge in [-0.2, -0.15) is 0 Å². The Labute approximate surface area is 150 Å². The van der Waals surface area contributed by atoms with E-state index >= 15 is 0 Å². The fraction of sp³-hybridized carbons (Fsp3) is 0.222. The Balaban J connectivity index is 1.49. The number of ether oxygens (including phenoxy) is 1. The van der Waals surface area contributed by atoms with Gasteiger partial charge in [-0.1, -0.05) is 17.3 Å². The lowest BCUT2D eigenvalue weighted by atomic mass is 10.1. The van der Waals surface area contributed by atoms with Gasteiger partial charge in [-0.3, -0.25) is 4.79 Å². The Morgan fingerprint density at radius 1 is 1.12 bits per heavy atom. The molecule has 0 unspecified atom stereocenters. The molecule has 0 aliphatic carbocycles. The van der Waals surface area contributed by atoms with Gasteiger partial charge in [-0.05, 0) is 43.2 Å². The van der Waals surface area contributed by atoms with E-state index in [1.54, 1.807) is 32.2 Å². The molecule has 2 heterocycles. The summed E-state index contributed by atoms with van der Waals surface area (Å²) in [5.74, 6) is 2.24. The maximum Gasteiger partial charge on any atom is 0.271 e. The summed E-state index contributed by atoms with van der Waals surface area (Å²) in [6.07, 6.45) is 0.717. The van der Waals surface area contributed by atoms with Gasteiger partial charge in [0.2, 0.25) is 0 Å². The molecule has 1 aromatic carbocycles. The third-order valence-corrected chi connectivity index (χ3v) is 3.64. The molecular formula is C18H19N5O3. The van der Waals surface area contributed by atoms with E-state index in [0.29, 0.717) is 30.4 Å². The molecule has 0 fully saturated rings. The first-order chi connectivity index (χ1) is 12.6. The number of carbonyl (C=O) groups excluding carboxylic acids is 1. The van der Waals surface area contributed by atoms with Crippen LogP contribution in [0.5, 0.6) is 5.75 Å². The van der Waals surface area contributed by atoms with Crippen molar-refractivity contribution < 1.29 is 14.1 Å². The second kappa shape index (κ2) is 8.11. The van der Waals surface area contributed by atoms with Crippen molar-refractivity contribution >= 4 is 17.5 Å². The van der Waals surface area contributed by atoms with Crippen LogP contribution in [0.1, 0.15) is 21.8 Å². The minimum Gasteiger partial charge on any atom is -0.497 e. The monoisotopic (exact) mass is 353 g/mol. The molecule has 2 aromatic heterocycles. The van der Waals surface area contributed by atoms with Gasteiger partial charge in [0.05, 0.1) is 7.11 Å². The molecule has 3 rings (SSSR count). The lowest BCUT2D eigenvalue weighted by Crippen LogP contribution is -2.26. The predicted octanol–water partition coefficient (Wildman–Crippen LogP) is 2.50.